The predicted molar refractivity (Wildman–Crippen MR) is 80.0 cm³/mol. The van der Waals surface area contributed by atoms with E-state index in [9.17, 15) is 9.18 Å². The van der Waals surface area contributed by atoms with Crippen LogP contribution in [0, 0.1) is 18.7 Å². The van der Waals surface area contributed by atoms with E-state index >= 15 is 0 Å². The molecule has 1 saturated carbocycles. The first-order valence-electron chi connectivity index (χ1n) is 8.04. The van der Waals surface area contributed by atoms with Crippen molar-refractivity contribution >= 4 is 5.78 Å². The molecular weight excluding hydrogens is 267 g/mol. The standard InChI is InChI=1S/C18H23FO2/c1-13-5-6-16(19)15(11-13)17(20)14-7-10-21-18(12-14)8-3-2-4-9-18/h5-6,11,14H,2-4,7-10,12H2,1H3. The average Bonchev–Trinajstić information content (AvgIpc) is 2.50. The molecule has 1 saturated heterocycles. The molecule has 1 atom stereocenters. The van der Waals surface area contributed by atoms with E-state index in [4.69, 9.17) is 4.74 Å². The zero-order valence-electron chi connectivity index (χ0n) is 12.7. The van der Waals surface area contributed by atoms with Crippen LogP contribution in [0.4, 0.5) is 4.39 Å². The van der Waals surface area contributed by atoms with Crippen molar-refractivity contribution in [1.82, 2.24) is 0 Å². The Bertz CT molecular complexity index is 527. The van der Waals surface area contributed by atoms with E-state index in [-0.39, 0.29) is 22.9 Å². The molecule has 0 bridgehead atoms. The van der Waals surface area contributed by atoms with Gasteiger partial charge in [-0.3, -0.25) is 4.79 Å². The van der Waals surface area contributed by atoms with Crippen molar-refractivity contribution in [3.8, 4) is 0 Å². The second-order valence-electron chi connectivity index (χ2n) is 6.63. The first kappa shape index (κ1) is 14.7. The third-order valence-corrected chi connectivity index (χ3v) is 5.02. The van der Waals surface area contributed by atoms with Crippen LogP contribution >= 0.6 is 0 Å². The monoisotopic (exact) mass is 290 g/mol. The van der Waals surface area contributed by atoms with Crippen molar-refractivity contribution in [2.75, 3.05) is 6.61 Å². The van der Waals surface area contributed by atoms with Gasteiger partial charge in [0.25, 0.3) is 0 Å². The number of halogens is 1. The Morgan fingerprint density at radius 3 is 2.81 bits per heavy atom. The second-order valence-corrected chi connectivity index (χ2v) is 6.63. The highest BCUT2D eigenvalue weighted by molar-refractivity contribution is 5.98. The smallest absolute Gasteiger partial charge is 0.169 e. The van der Waals surface area contributed by atoms with Crippen molar-refractivity contribution in [2.45, 2.75) is 57.5 Å². The largest absolute Gasteiger partial charge is 0.375 e. The van der Waals surface area contributed by atoms with Gasteiger partial charge in [-0.15, -0.1) is 0 Å². The van der Waals surface area contributed by atoms with Gasteiger partial charge < -0.3 is 4.74 Å². The summed E-state index contributed by atoms with van der Waals surface area (Å²) in [6, 6.07) is 4.79. The highest BCUT2D eigenvalue weighted by Crippen LogP contribution is 2.41. The number of ether oxygens (including phenoxy) is 1. The summed E-state index contributed by atoms with van der Waals surface area (Å²) >= 11 is 0. The number of benzene rings is 1. The molecule has 1 unspecified atom stereocenters. The van der Waals surface area contributed by atoms with Gasteiger partial charge in [0.2, 0.25) is 0 Å². The number of ketones is 1. The molecule has 1 aliphatic carbocycles. The third-order valence-electron chi connectivity index (χ3n) is 5.02. The minimum atomic E-state index is -0.394. The number of rotatable bonds is 2. The van der Waals surface area contributed by atoms with E-state index in [1.165, 1.54) is 25.3 Å². The summed E-state index contributed by atoms with van der Waals surface area (Å²) in [6.45, 7) is 2.52. The number of aryl methyl sites for hydroxylation is 1. The highest BCUT2D eigenvalue weighted by atomic mass is 19.1. The molecule has 1 heterocycles. The third kappa shape index (κ3) is 3.03. The maximum absolute atomic E-state index is 14.0. The van der Waals surface area contributed by atoms with Crippen LogP contribution in [0.5, 0.6) is 0 Å². The van der Waals surface area contributed by atoms with Crippen LogP contribution in [0.15, 0.2) is 18.2 Å². The van der Waals surface area contributed by atoms with Crippen LogP contribution in [-0.2, 0) is 4.74 Å². The highest BCUT2D eigenvalue weighted by Gasteiger charge is 2.41. The van der Waals surface area contributed by atoms with Gasteiger partial charge in [-0.25, -0.2) is 4.39 Å². The van der Waals surface area contributed by atoms with E-state index < -0.39 is 5.82 Å². The van der Waals surface area contributed by atoms with Crippen molar-refractivity contribution in [3.05, 3.63) is 35.1 Å². The molecule has 2 nitrogen and oxygen atoms in total. The van der Waals surface area contributed by atoms with Crippen LogP contribution in [0.3, 0.4) is 0 Å². The van der Waals surface area contributed by atoms with Gasteiger partial charge in [0.15, 0.2) is 5.78 Å². The second kappa shape index (κ2) is 5.88. The lowest BCUT2D eigenvalue weighted by atomic mass is 9.74. The van der Waals surface area contributed by atoms with Crippen molar-refractivity contribution in [2.24, 2.45) is 5.92 Å². The molecule has 1 aromatic rings. The van der Waals surface area contributed by atoms with Gasteiger partial charge in [-0.05, 0) is 44.7 Å². The Morgan fingerprint density at radius 2 is 2.05 bits per heavy atom. The molecule has 2 fully saturated rings. The van der Waals surface area contributed by atoms with Crippen molar-refractivity contribution in [1.29, 1.82) is 0 Å². The normalized spacial score (nSPS) is 25.0. The summed E-state index contributed by atoms with van der Waals surface area (Å²) in [7, 11) is 0. The molecule has 1 spiro atoms. The Kier molecular flexibility index (Phi) is 4.12. The van der Waals surface area contributed by atoms with E-state index in [1.54, 1.807) is 12.1 Å². The zero-order valence-corrected chi connectivity index (χ0v) is 12.7. The van der Waals surface area contributed by atoms with Crippen molar-refractivity contribution < 1.29 is 13.9 Å². The SMILES string of the molecule is Cc1ccc(F)c(C(=O)C2CCOC3(CCCCC3)C2)c1. The van der Waals surface area contributed by atoms with Crippen LogP contribution in [0.1, 0.15) is 60.9 Å². The topological polar surface area (TPSA) is 26.3 Å². The molecule has 1 aromatic carbocycles. The Balaban J connectivity index is 1.79. The molecular formula is C18H23FO2. The lowest BCUT2D eigenvalue weighted by Gasteiger charge is -2.43. The summed E-state index contributed by atoms with van der Waals surface area (Å²) in [4.78, 5) is 12.7. The van der Waals surface area contributed by atoms with Crippen LogP contribution in [0.25, 0.3) is 0 Å². The molecule has 3 heteroatoms. The van der Waals surface area contributed by atoms with E-state index in [1.807, 2.05) is 6.92 Å². The summed E-state index contributed by atoms with van der Waals surface area (Å²) in [5.74, 6) is -0.521. The molecule has 0 radical (unpaired) electrons. The number of hydrogen-bond acceptors (Lipinski definition) is 2. The van der Waals surface area contributed by atoms with E-state index in [2.05, 4.69) is 0 Å². The summed E-state index contributed by atoms with van der Waals surface area (Å²) in [5.41, 5.74) is 1.07. The van der Waals surface area contributed by atoms with E-state index in [0.29, 0.717) is 13.0 Å². The van der Waals surface area contributed by atoms with Gasteiger partial charge >= 0.3 is 0 Å². The molecule has 0 amide bonds. The minimum absolute atomic E-state index is 0.0375. The van der Waals surface area contributed by atoms with Gasteiger partial charge in [0.1, 0.15) is 5.82 Å². The minimum Gasteiger partial charge on any atom is -0.375 e. The first-order chi connectivity index (χ1) is 10.1. The molecule has 2 aliphatic rings. The number of Topliss-reactive ketones (excluding diaryl/α,β-unsaturated/α-hetero) is 1. The quantitative estimate of drug-likeness (QED) is 0.752. The Hall–Kier alpha value is -1.22. The molecule has 114 valence electrons. The number of hydrogen-bond donors (Lipinski definition) is 0. The van der Waals surface area contributed by atoms with Crippen LogP contribution in [0.2, 0.25) is 0 Å². The first-order valence-corrected chi connectivity index (χ1v) is 8.04. The Labute approximate surface area is 125 Å². The number of carbonyl (C=O) groups is 1. The van der Waals surface area contributed by atoms with Gasteiger partial charge in [-0.1, -0.05) is 30.9 Å². The molecule has 21 heavy (non-hydrogen) atoms. The zero-order chi connectivity index (χ0) is 14.9. The lowest BCUT2D eigenvalue weighted by Crippen LogP contribution is -2.43. The van der Waals surface area contributed by atoms with Crippen molar-refractivity contribution in [3.63, 3.8) is 0 Å². The molecule has 0 N–H and O–H groups in total. The maximum Gasteiger partial charge on any atom is 0.169 e. The fourth-order valence-electron chi connectivity index (χ4n) is 3.84. The van der Waals surface area contributed by atoms with Gasteiger partial charge in [0, 0.05) is 12.5 Å². The molecule has 0 aromatic heterocycles. The molecule has 1 aliphatic heterocycles. The summed E-state index contributed by atoms with van der Waals surface area (Å²) in [6.07, 6.45) is 7.20. The summed E-state index contributed by atoms with van der Waals surface area (Å²) < 4.78 is 20.0. The van der Waals surface area contributed by atoms with Gasteiger partial charge in [0.05, 0.1) is 11.2 Å². The van der Waals surface area contributed by atoms with Gasteiger partial charge in [-0.2, -0.15) is 0 Å². The van der Waals surface area contributed by atoms with E-state index in [0.717, 1.165) is 24.8 Å². The fraction of sp³-hybridized carbons (Fsp3) is 0.611. The Morgan fingerprint density at radius 1 is 1.29 bits per heavy atom. The lowest BCUT2D eigenvalue weighted by molar-refractivity contribution is -0.111. The molecule has 3 rings (SSSR count). The predicted octanol–water partition coefficient (Wildman–Crippen LogP) is 4.45. The number of carbonyl (C=O) groups excluding carboxylic acids is 1. The maximum atomic E-state index is 14.0. The fourth-order valence-corrected chi connectivity index (χ4v) is 3.84. The van der Waals surface area contributed by atoms with Crippen LogP contribution < -0.4 is 0 Å². The summed E-state index contributed by atoms with van der Waals surface area (Å²) in [5, 5.41) is 0. The van der Waals surface area contributed by atoms with Crippen LogP contribution in [-0.4, -0.2) is 18.0 Å². The average molecular weight is 290 g/mol.